The summed E-state index contributed by atoms with van der Waals surface area (Å²) in [6.45, 7) is 2.00. The number of nitrogens with zero attached hydrogens (tertiary/aromatic N) is 3. The van der Waals surface area contributed by atoms with E-state index in [9.17, 15) is 5.11 Å². The molecule has 0 spiro atoms. The van der Waals surface area contributed by atoms with Gasteiger partial charge in [-0.25, -0.2) is 15.0 Å². The van der Waals surface area contributed by atoms with E-state index >= 15 is 0 Å². The highest BCUT2D eigenvalue weighted by Gasteiger charge is 2.21. The first-order valence-corrected chi connectivity index (χ1v) is 9.32. The Labute approximate surface area is 154 Å². The molecule has 4 nitrogen and oxygen atoms in total. The van der Waals surface area contributed by atoms with E-state index in [1.807, 2.05) is 49.4 Å². The lowest BCUT2D eigenvalue weighted by atomic mass is 9.88. The maximum Gasteiger partial charge on any atom is 0.167 e. The van der Waals surface area contributed by atoms with Crippen molar-refractivity contribution in [2.75, 3.05) is 0 Å². The predicted molar refractivity (Wildman–Crippen MR) is 103 cm³/mol. The van der Waals surface area contributed by atoms with Gasteiger partial charge >= 0.3 is 0 Å². The fraction of sp³-hybridized carbons (Fsp3) is 0.318. The van der Waals surface area contributed by atoms with Crippen LogP contribution in [0.5, 0.6) is 5.75 Å². The Morgan fingerprint density at radius 2 is 1.58 bits per heavy atom. The molecule has 0 radical (unpaired) electrons. The van der Waals surface area contributed by atoms with Crippen LogP contribution in [0.25, 0.3) is 22.8 Å². The van der Waals surface area contributed by atoms with Crippen LogP contribution in [0.2, 0.25) is 0 Å². The topological polar surface area (TPSA) is 58.9 Å². The highest BCUT2D eigenvalue weighted by Crippen LogP contribution is 2.34. The molecule has 0 aliphatic heterocycles. The third-order valence-corrected chi connectivity index (χ3v) is 5.05. The minimum atomic E-state index is 0.204. The number of aryl methyl sites for hydroxylation is 1. The molecule has 0 unspecified atom stereocenters. The largest absolute Gasteiger partial charge is 0.507 e. The number of aromatic nitrogens is 3. The zero-order valence-corrected chi connectivity index (χ0v) is 15.0. The van der Waals surface area contributed by atoms with Crippen LogP contribution in [-0.4, -0.2) is 20.1 Å². The van der Waals surface area contributed by atoms with Crippen molar-refractivity contribution in [3.8, 4) is 28.5 Å². The highest BCUT2D eigenvalue weighted by molar-refractivity contribution is 5.67. The maximum atomic E-state index is 10.4. The summed E-state index contributed by atoms with van der Waals surface area (Å²) in [5.74, 6) is 2.67. The normalized spacial score (nSPS) is 15.1. The summed E-state index contributed by atoms with van der Waals surface area (Å²) in [4.78, 5) is 14.3. The van der Waals surface area contributed by atoms with E-state index in [0.29, 0.717) is 23.1 Å². The van der Waals surface area contributed by atoms with Gasteiger partial charge in [0.25, 0.3) is 0 Å². The number of aromatic hydroxyl groups is 1. The monoisotopic (exact) mass is 345 g/mol. The molecule has 26 heavy (non-hydrogen) atoms. The fourth-order valence-corrected chi connectivity index (χ4v) is 3.60. The van der Waals surface area contributed by atoms with Gasteiger partial charge in [0.1, 0.15) is 11.6 Å². The van der Waals surface area contributed by atoms with Gasteiger partial charge in [0.05, 0.1) is 5.56 Å². The molecule has 0 saturated heterocycles. The van der Waals surface area contributed by atoms with Crippen LogP contribution < -0.4 is 0 Å². The minimum Gasteiger partial charge on any atom is -0.507 e. The molecule has 4 rings (SSSR count). The number of rotatable bonds is 3. The van der Waals surface area contributed by atoms with Crippen LogP contribution in [-0.2, 0) is 0 Å². The standard InChI is InChI=1S/C22H23N3O/c1-15-12-13-19(26)18(14-15)22-24-20(16-8-4-2-5-9-16)23-21(25-22)17-10-6-3-7-11-17/h2,4-5,8-9,12-14,17,26H,3,6-7,10-11H2,1H3. The molecule has 1 heterocycles. The number of phenols is 1. The van der Waals surface area contributed by atoms with Gasteiger partial charge in [-0.15, -0.1) is 0 Å². The Morgan fingerprint density at radius 3 is 2.35 bits per heavy atom. The molecule has 0 bridgehead atoms. The van der Waals surface area contributed by atoms with Gasteiger partial charge in [-0.2, -0.15) is 0 Å². The van der Waals surface area contributed by atoms with Gasteiger partial charge in [0.2, 0.25) is 0 Å². The Balaban J connectivity index is 1.86. The summed E-state index contributed by atoms with van der Waals surface area (Å²) in [6.07, 6.45) is 5.98. The Bertz CT molecular complexity index is 903. The second-order valence-corrected chi connectivity index (χ2v) is 7.06. The zero-order valence-electron chi connectivity index (χ0n) is 15.0. The average Bonchev–Trinajstić information content (AvgIpc) is 2.71. The van der Waals surface area contributed by atoms with E-state index in [2.05, 4.69) is 4.98 Å². The summed E-state index contributed by atoms with van der Waals surface area (Å²) < 4.78 is 0. The number of hydrogen-bond acceptors (Lipinski definition) is 4. The molecule has 1 aliphatic rings. The molecule has 1 saturated carbocycles. The zero-order chi connectivity index (χ0) is 17.9. The molecule has 2 aromatic carbocycles. The molecule has 4 heteroatoms. The predicted octanol–water partition coefficient (Wildman–Crippen LogP) is 5.27. The van der Waals surface area contributed by atoms with Crippen LogP contribution in [0, 0.1) is 6.92 Å². The van der Waals surface area contributed by atoms with E-state index < -0.39 is 0 Å². The number of benzene rings is 2. The minimum absolute atomic E-state index is 0.204. The van der Waals surface area contributed by atoms with Crippen LogP contribution >= 0.6 is 0 Å². The summed E-state index contributed by atoms with van der Waals surface area (Å²) in [7, 11) is 0. The van der Waals surface area contributed by atoms with Crippen LogP contribution in [0.3, 0.4) is 0 Å². The van der Waals surface area contributed by atoms with E-state index in [1.54, 1.807) is 6.07 Å². The van der Waals surface area contributed by atoms with Gasteiger partial charge in [0, 0.05) is 11.5 Å². The SMILES string of the molecule is Cc1ccc(O)c(-c2nc(-c3ccccc3)nc(C3CCCCC3)n2)c1. The summed E-state index contributed by atoms with van der Waals surface area (Å²) in [5, 5.41) is 10.4. The summed E-state index contributed by atoms with van der Waals surface area (Å²) in [5.41, 5.74) is 2.71. The van der Waals surface area contributed by atoms with Crippen molar-refractivity contribution in [1.29, 1.82) is 0 Å². The first-order valence-electron chi connectivity index (χ1n) is 9.32. The van der Waals surface area contributed by atoms with Crippen molar-refractivity contribution in [3.63, 3.8) is 0 Å². The maximum absolute atomic E-state index is 10.4. The molecular weight excluding hydrogens is 322 g/mol. The number of hydrogen-bond donors (Lipinski definition) is 1. The first-order chi connectivity index (χ1) is 12.7. The molecule has 1 aromatic heterocycles. The van der Waals surface area contributed by atoms with E-state index in [1.165, 1.54) is 19.3 Å². The average molecular weight is 345 g/mol. The van der Waals surface area contributed by atoms with Crippen molar-refractivity contribution < 1.29 is 5.11 Å². The van der Waals surface area contributed by atoms with Gasteiger partial charge in [-0.1, -0.05) is 61.2 Å². The Hall–Kier alpha value is -2.75. The fourth-order valence-electron chi connectivity index (χ4n) is 3.60. The van der Waals surface area contributed by atoms with Gasteiger partial charge < -0.3 is 5.11 Å². The van der Waals surface area contributed by atoms with Gasteiger partial charge in [-0.3, -0.25) is 0 Å². The third-order valence-electron chi connectivity index (χ3n) is 5.05. The molecule has 0 amide bonds. The van der Waals surface area contributed by atoms with Crippen LogP contribution in [0.4, 0.5) is 0 Å². The Morgan fingerprint density at radius 1 is 0.846 bits per heavy atom. The molecule has 1 aliphatic carbocycles. The molecule has 132 valence electrons. The molecular formula is C22H23N3O. The number of phenolic OH excluding ortho intramolecular Hbond substituents is 1. The lowest BCUT2D eigenvalue weighted by molar-refractivity contribution is 0.428. The smallest absolute Gasteiger partial charge is 0.167 e. The molecule has 1 fully saturated rings. The summed E-state index contributed by atoms with van der Waals surface area (Å²) in [6, 6.07) is 15.5. The van der Waals surface area contributed by atoms with E-state index in [-0.39, 0.29) is 5.75 Å². The lowest BCUT2D eigenvalue weighted by Gasteiger charge is -2.21. The lowest BCUT2D eigenvalue weighted by Crippen LogP contribution is -2.11. The van der Waals surface area contributed by atoms with Gasteiger partial charge in [0.15, 0.2) is 11.6 Å². The van der Waals surface area contributed by atoms with Crippen LogP contribution in [0.1, 0.15) is 49.4 Å². The van der Waals surface area contributed by atoms with Crippen molar-refractivity contribution in [2.45, 2.75) is 44.9 Å². The van der Waals surface area contributed by atoms with Crippen LogP contribution in [0.15, 0.2) is 48.5 Å². The van der Waals surface area contributed by atoms with E-state index in [0.717, 1.165) is 29.8 Å². The molecule has 0 atom stereocenters. The molecule has 1 N–H and O–H groups in total. The molecule has 3 aromatic rings. The third kappa shape index (κ3) is 3.45. The second-order valence-electron chi connectivity index (χ2n) is 7.06. The van der Waals surface area contributed by atoms with Crippen molar-refractivity contribution >= 4 is 0 Å². The van der Waals surface area contributed by atoms with E-state index in [4.69, 9.17) is 9.97 Å². The van der Waals surface area contributed by atoms with Gasteiger partial charge in [-0.05, 0) is 31.9 Å². The van der Waals surface area contributed by atoms with Crippen molar-refractivity contribution in [2.24, 2.45) is 0 Å². The summed E-state index contributed by atoms with van der Waals surface area (Å²) >= 11 is 0. The Kier molecular flexibility index (Phi) is 4.65. The van der Waals surface area contributed by atoms with Crippen molar-refractivity contribution in [3.05, 3.63) is 59.9 Å². The second kappa shape index (κ2) is 7.24. The quantitative estimate of drug-likeness (QED) is 0.703. The first kappa shape index (κ1) is 16.7. The highest BCUT2D eigenvalue weighted by atomic mass is 16.3. The van der Waals surface area contributed by atoms with Crippen molar-refractivity contribution in [1.82, 2.24) is 15.0 Å².